The van der Waals surface area contributed by atoms with E-state index in [1.165, 1.54) is 0 Å². The fourth-order valence-corrected chi connectivity index (χ4v) is 3.24. The molecule has 1 unspecified atom stereocenters. The molecule has 2 aliphatic rings. The summed E-state index contributed by atoms with van der Waals surface area (Å²) in [5.41, 5.74) is 0.809. The highest BCUT2D eigenvalue weighted by molar-refractivity contribution is 6.05. The average Bonchev–Trinajstić information content (AvgIpc) is 2.95. The van der Waals surface area contributed by atoms with Crippen LogP contribution in [-0.2, 0) is 20.9 Å². The molecular weight excluding hydrogens is 350 g/mol. The summed E-state index contributed by atoms with van der Waals surface area (Å²) in [5, 5.41) is 5.46. The number of nitrogens with zero attached hydrogens (tertiary/aromatic N) is 1. The zero-order chi connectivity index (χ0) is 19.2. The van der Waals surface area contributed by atoms with E-state index in [1.54, 1.807) is 31.4 Å². The van der Waals surface area contributed by atoms with Crippen LogP contribution in [0, 0.1) is 5.92 Å². The highest BCUT2D eigenvalue weighted by Gasteiger charge is 2.39. The summed E-state index contributed by atoms with van der Waals surface area (Å²) in [4.78, 5) is 37.9. The third-order valence-corrected chi connectivity index (χ3v) is 4.93. The lowest BCUT2D eigenvalue weighted by molar-refractivity contribution is -0.131. The molecule has 1 aromatic rings. The smallest absolute Gasteiger partial charge is 0.325 e. The van der Waals surface area contributed by atoms with E-state index in [4.69, 9.17) is 9.47 Å². The van der Waals surface area contributed by atoms with Crippen LogP contribution in [0.15, 0.2) is 24.3 Å². The number of nitrogens with one attached hydrogen (secondary N) is 2. The average molecular weight is 375 g/mol. The van der Waals surface area contributed by atoms with Gasteiger partial charge in [-0.15, -0.1) is 0 Å². The highest BCUT2D eigenvalue weighted by Crippen LogP contribution is 2.17. The van der Waals surface area contributed by atoms with Gasteiger partial charge in [-0.3, -0.25) is 14.5 Å². The maximum absolute atomic E-state index is 12.5. The van der Waals surface area contributed by atoms with Crippen LogP contribution in [0.4, 0.5) is 4.79 Å². The van der Waals surface area contributed by atoms with E-state index in [1.807, 2.05) is 0 Å². The Morgan fingerprint density at radius 1 is 1.26 bits per heavy atom. The predicted octanol–water partition coefficient (Wildman–Crippen LogP) is 1.05. The van der Waals surface area contributed by atoms with Gasteiger partial charge in [-0.2, -0.15) is 0 Å². The van der Waals surface area contributed by atoms with Crippen molar-refractivity contribution in [2.45, 2.75) is 31.8 Å². The molecule has 2 fully saturated rings. The van der Waals surface area contributed by atoms with Gasteiger partial charge in [-0.05, 0) is 36.5 Å². The lowest BCUT2D eigenvalue weighted by Crippen LogP contribution is -2.38. The Hall–Kier alpha value is -2.61. The molecule has 0 aromatic heterocycles. The van der Waals surface area contributed by atoms with Crippen LogP contribution in [0.25, 0.3) is 0 Å². The van der Waals surface area contributed by atoms with Crippen molar-refractivity contribution < 1.29 is 23.9 Å². The summed E-state index contributed by atoms with van der Waals surface area (Å²) in [7, 11) is 1.57. The van der Waals surface area contributed by atoms with Crippen LogP contribution in [0.5, 0.6) is 5.75 Å². The Morgan fingerprint density at radius 3 is 2.63 bits per heavy atom. The van der Waals surface area contributed by atoms with Crippen LogP contribution in [0.1, 0.15) is 24.8 Å². The van der Waals surface area contributed by atoms with E-state index < -0.39 is 12.1 Å². The molecule has 0 radical (unpaired) electrons. The van der Waals surface area contributed by atoms with E-state index in [9.17, 15) is 14.4 Å². The minimum absolute atomic E-state index is 0.0487. The standard InChI is InChI=1S/C19H25N3O5/c1-26-15-4-2-14(3-5-15)12-22-18(24)16(21-19(22)25)10-17(23)20-11-13-6-8-27-9-7-13/h2-5,13,16H,6-12H2,1H3,(H,20,23)(H,21,25). The van der Waals surface area contributed by atoms with Crippen molar-refractivity contribution in [3.05, 3.63) is 29.8 Å². The number of hydrogen-bond acceptors (Lipinski definition) is 5. The molecule has 8 nitrogen and oxygen atoms in total. The first-order valence-corrected chi connectivity index (χ1v) is 9.16. The molecule has 1 atom stereocenters. The molecule has 0 spiro atoms. The van der Waals surface area contributed by atoms with E-state index in [-0.39, 0.29) is 24.8 Å². The molecule has 2 aliphatic heterocycles. The maximum atomic E-state index is 12.5. The van der Waals surface area contributed by atoms with Gasteiger partial charge in [-0.1, -0.05) is 12.1 Å². The van der Waals surface area contributed by atoms with Gasteiger partial charge in [0.1, 0.15) is 11.8 Å². The number of ether oxygens (including phenoxy) is 2. The lowest BCUT2D eigenvalue weighted by atomic mass is 10.0. The number of urea groups is 1. The Labute approximate surface area is 158 Å². The Bertz CT molecular complexity index is 685. The van der Waals surface area contributed by atoms with Crippen molar-refractivity contribution in [3.63, 3.8) is 0 Å². The second-order valence-corrected chi connectivity index (χ2v) is 6.84. The van der Waals surface area contributed by atoms with Crippen molar-refractivity contribution in [2.24, 2.45) is 5.92 Å². The first-order valence-electron chi connectivity index (χ1n) is 9.16. The zero-order valence-electron chi connectivity index (χ0n) is 15.4. The van der Waals surface area contributed by atoms with E-state index in [0.29, 0.717) is 18.2 Å². The monoisotopic (exact) mass is 375 g/mol. The number of amides is 4. The van der Waals surface area contributed by atoms with Crippen molar-refractivity contribution in [3.8, 4) is 5.75 Å². The summed E-state index contributed by atoms with van der Waals surface area (Å²) < 4.78 is 10.4. The molecule has 4 amide bonds. The van der Waals surface area contributed by atoms with Crippen LogP contribution in [0.3, 0.4) is 0 Å². The molecule has 27 heavy (non-hydrogen) atoms. The number of imide groups is 1. The first-order chi connectivity index (χ1) is 13.1. The quantitative estimate of drug-likeness (QED) is 0.695. The number of carbonyl (C=O) groups is 3. The van der Waals surface area contributed by atoms with Gasteiger partial charge in [-0.25, -0.2) is 4.79 Å². The zero-order valence-corrected chi connectivity index (χ0v) is 15.4. The van der Waals surface area contributed by atoms with E-state index in [0.717, 1.165) is 36.5 Å². The van der Waals surface area contributed by atoms with Gasteiger partial charge < -0.3 is 20.1 Å². The topological polar surface area (TPSA) is 97.0 Å². The number of hydrogen-bond donors (Lipinski definition) is 2. The van der Waals surface area contributed by atoms with Gasteiger partial charge in [0.15, 0.2) is 0 Å². The van der Waals surface area contributed by atoms with Crippen molar-refractivity contribution in [2.75, 3.05) is 26.9 Å². The minimum Gasteiger partial charge on any atom is -0.497 e. The number of carbonyl (C=O) groups excluding carboxylic acids is 3. The highest BCUT2D eigenvalue weighted by atomic mass is 16.5. The molecule has 0 aliphatic carbocycles. The van der Waals surface area contributed by atoms with Crippen LogP contribution in [0.2, 0.25) is 0 Å². The summed E-state index contributed by atoms with van der Waals surface area (Å²) >= 11 is 0. The van der Waals surface area contributed by atoms with Crippen LogP contribution in [-0.4, -0.2) is 55.7 Å². The van der Waals surface area contributed by atoms with Crippen LogP contribution >= 0.6 is 0 Å². The fourth-order valence-electron chi connectivity index (χ4n) is 3.24. The Kier molecular flexibility index (Phi) is 6.28. The van der Waals surface area contributed by atoms with Gasteiger partial charge in [0, 0.05) is 19.8 Å². The summed E-state index contributed by atoms with van der Waals surface area (Å²) in [6.45, 7) is 2.18. The molecule has 3 rings (SSSR count). The SMILES string of the molecule is COc1ccc(CN2C(=O)NC(CC(=O)NCC3CCOCC3)C2=O)cc1. The molecule has 2 N–H and O–H groups in total. The number of benzene rings is 1. The number of rotatable bonds is 7. The normalized spacial score (nSPS) is 20.5. The number of methoxy groups -OCH3 is 1. The lowest BCUT2D eigenvalue weighted by Gasteiger charge is -2.22. The van der Waals surface area contributed by atoms with Gasteiger partial charge in [0.25, 0.3) is 5.91 Å². The third-order valence-electron chi connectivity index (χ3n) is 4.93. The Balaban J connectivity index is 1.49. The van der Waals surface area contributed by atoms with Gasteiger partial charge >= 0.3 is 6.03 Å². The molecule has 1 aromatic carbocycles. The van der Waals surface area contributed by atoms with E-state index >= 15 is 0 Å². The summed E-state index contributed by atoms with van der Waals surface area (Å²) in [6, 6.07) is 5.86. The third kappa shape index (κ3) is 4.97. The van der Waals surface area contributed by atoms with Gasteiger partial charge in [0.05, 0.1) is 20.1 Å². The summed E-state index contributed by atoms with van der Waals surface area (Å²) in [5.74, 6) is 0.502. The van der Waals surface area contributed by atoms with Crippen molar-refractivity contribution in [1.82, 2.24) is 15.5 Å². The molecular formula is C19H25N3O5. The predicted molar refractivity (Wildman–Crippen MR) is 97.0 cm³/mol. The van der Waals surface area contributed by atoms with Gasteiger partial charge in [0.2, 0.25) is 5.91 Å². The molecule has 8 heteroatoms. The molecule has 0 saturated carbocycles. The molecule has 2 heterocycles. The Morgan fingerprint density at radius 2 is 1.96 bits per heavy atom. The second kappa shape index (κ2) is 8.85. The van der Waals surface area contributed by atoms with Crippen LogP contribution < -0.4 is 15.4 Å². The summed E-state index contributed by atoms with van der Waals surface area (Å²) in [6.07, 6.45) is 1.80. The largest absolute Gasteiger partial charge is 0.497 e. The second-order valence-electron chi connectivity index (χ2n) is 6.84. The maximum Gasteiger partial charge on any atom is 0.325 e. The fraction of sp³-hybridized carbons (Fsp3) is 0.526. The molecule has 2 saturated heterocycles. The van der Waals surface area contributed by atoms with E-state index in [2.05, 4.69) is 10.6 Å². The molecule has 0 bridgehead atoms. The molecule has 146 valence electrons. The van der Waals surface area contributed by atoms with Crippen molar-refractivity contribution in [1.29, 1.82) is 0 Å². The minimum atomic E-state index is -0.814. The van der Waals surface area contributed by atoms with Crippen molar-refractivity contribution >= 4 is 17.8 Å². The first kappa shape index (κ1) is 19.2.